The molecule has 3 aromatic rings. The molecule has 0 bridgehead atoms. The van der Waals surface area contributed by atoms with Gasteiger partial charge in [0.15, 0.2) is 0 Å². The topological polar surface area (TPSA) is 56.7 Å². The summed E-state index contributed by atoms with van der Waals surface area (Å²) in [6.07, 6.45) is 5.55. The van der Waals surface area contributed by atoms with Crippen LogP contribution in [-0.4, -0.2) is 14.5 Å². The van der Waals surface area contributed by atoms with Crippen LogP contribution in [0.4, 0.5) is 0 Å². The summed E-state index contributed by atoms with van der Waals surface area (Å²) in [5.41, 5.74) is 8.36. The molecule has 2 aromatic heterocycles. The second-order valence-electron chi connectivity index (χ2n) is 4.50. The predicted octanol–water partition coefficient (Wildman–Crippen LogP) is 2.50. The van der Waals surface area contributed by atoms with Gasteiger partial charge in [0, 0.05) is 30.5 Å². The van der Waals surface area contributed by atoms with Crippen molar-refractivity contribution in [1.82, 2.24) is 14.5 Å². The van der Waals surface area contributed by atoms with E-state index in [9.17, 15) is 0 Å². The summed E-state index contributed by atoms with van der Waals surface area (Å²) in [6, 6.07) is 9.88. The first-order chi connectivity index (χ1) is 9.29. The standard InChI is InChI=1S/C15H16N4/c1-2-19-9-8-18-15(19)14(16)12-5-6-13-11(10-12)4-3-7-17-13/h3-10,14H,2,16H2,1H3. The molecule has 1 unspecified atom stereocenters. The van der Waals surface area contributed by atoms with E-state index >= 15 is 0 Å². The molecule has 96 valence electrons. The van der Waals surface area contributed by atoms with Gasteiger partial charge in [-0.3, -0.25) is 4.98 Å². The molecule has 19 heavy (non-hydrogen) atoms. The van der Waals surface area contributed by atoms with E-state index in [0.29, 0.717) is 0 Å². The van der Waals surface area contributed by atoms with Crippen molar-refractivity contribution >= 4 is 10.9 Å². The third-order valence-corrected chi connectivity index (χ3v) is 3.35. The highest BCUT2D eigenvalue weighted by molar-refractivity contribution is 5.79. The molecule has 0 saturated heterocycles. The van der Waals surface area contributed by atoms with Gasteiger partial charge in [0.2, 0.25) is 0 Å². The van der Waals surface area contributed by atoms with E-state index < -0.39 is 0 Å². The molecular formula is C15H16N4. The average molecular weight is 252 g/mol. The summed E-state index contributed by atoms with van der Waals surface area (Å²) in [6.45, 7) is 2.96. The lowest BCUT2D eigenvalue weighted by molar-refractivity contribution is 0.657. The number of aromatic nitrogens is 3. The minimum atomic E-state index is -0.209. The Balaban J connectivity index is 2.04. The van der Waals surface area contributed by atoms with Gasteiger partial charge in [-0.25, -0.2) is 4.98 Å². The minimum absolute atomic E-state index is 0.209. The van der Waals surface area contributed by atoms with Crippen LogP contribution in [-0.2, 0) is 6.54 Å². The van der Waals surface area contributed by atoms with Crippen LogP contribution >= 0.6 is 0 Å². The number of pyridine rings is 1. The summed E-state index contributed by atoms with van der Waals surface area (Å²) in [7, 11) is 0. The second-order valence-corrected chi connectivity index (χ2v) is 4.50. The van der Waals surface area contributed by atoms with Crippen LogP contribution in [0.5, 0.6) is 0 Å². The Morgan fingerprint density at radius 2 is 2.11 bits per heavy atom. The van der Waals surface area contributed by atoms with E-state index in [0.717, 1.165) is 28.8 Å². The van der Waals surface area contributed by atoms with Crippen LogP contribution in [0.3, 0.4) is 0 Å². The van der Waals surface area contributed by atoms with E-state index in [4.69, 9.17) is 5.73 Å². The van der Waals surface area contributed by atoms with Crippen LogP contribution in [0.2, 0.25) is 0 Å². The van der Waals surface area contributed by atoms with Gasteiger partial charge in [-0.15, -0.1) is 0 Å². The Morgan fingerprint density at radius 1 is 1.21 bits per heavy atom. The monoisotopic (exact) mass is 252 g/mol. The maximum Gasteiger partial charge on any atom is 0.130 e. The molecule has 0 spiro atoms. The van der Waals surface area contributed by atoms with Crippen LogP contribution in [0, 0.1) is 0 Å². The Morgan fingerprint density at radius 3 is 2.95 bits per heavy atom. The van der Waals surface area contributed by atoms with E-state index in [1.54, 1.807) is 12.4 Å². The quantitative estimate of drug-likeness (QED) is 0.779. The molecule has 0 radical (unpaired) electrons. The first-order valence-electron chi connectivity index (χ1n) is 6.41. The largest absolute Gasteiger partial charge is 0.334 e. The van der Waals surface area contributed by atoms with Gasteiger partial charge in [0.25, 0.3) is 0 Å². The highest BCUT2D eigenvalue weighted by Gasteiger charge is 2.14. The highest BCUT2D eigenvalue weighted by atomic mass is 15.1. The number of aryl methyl sites for hydroxylation is 1. The van der Waals surface area contributed by atoms with E-state index in [2.05, 4.69) is 27.5 Å². The van der Waals surface area contributed by atoms with Crippen molar-refractivity contribution in [2.45, 2.75) is 19.5 Å². The molecule has 1 aromatic carbocycles. The lowest BCUT2D eigenvalue weighted by Crippen LogP contribution is -2.17. The van der Waals surface area contributed by atoms with Crippen LogP contribution in [0.15, 0.2) is 48.9 Å². The van der Waals surface area contributed by atoms with Crippen LogP contribution < -0.4 is 5.73 Å². The SMILES string of the molecule is CCn1ccnc1C(N)c1ccc2ncccc2c1. The average Bonchev–Trinajstić information content (AvgIpc) is 2.94. The van der Waals surface area contributed by atoms with Crippen LogP contribution in [0.25, 0.3) is 10.9 Å². The van der Waals surface area contributed by atoms with Crippen molar-refractivity contribution in [2.24, 2.45) is 5.73 Å². The number of benzene rings is 1. The van der Waals surface area contributed by atoms with Crippen molar-refractivity contribution in [3.05, 3.63) is 60.3 Å². The molecule has 0 saturated carbocycles. The molecule has 3 rings (SSSR count). The molecule has 0 amide bonds. The van der Waals surface area contributed by atoms with E-state index in [1.165, 1.54) is 0 Å². The molecule has 4 heteroatoms. The molecule has 0 aliphatic rings. The van der Waals surface area contributed by atoms with E-state index in [1.807, 2.05) is 30.5 Å². The normalized spacial score (nSPS) is 12.7. The fourth-order valence-electron chi connectivity index (χ4n) is 2.30. The number of nitrogens with zero attached hydrogens (tertiary/aromatic N) is 3. The Labute approximate surface area is 111 Å². The van der Waals surface area contributed by atoms with Crippen molar-refractivity contribution in [3.8, 4) is 0 Å². The molecule has 2 N–H and O–H groups in total. The number of hydrogen-bond acceptors (Lipinski definition) is 3. The van der Waals surface area contributed by atoms with Crippen molar-refractivity contribution in [2.75, 3.05) is 0 Å². The Hall–Kier alpha value is -2.20. The van der Waals surface area contributed by atoms with Gasteiger partial charge in [0.05, 0.1) is 11.6 Å². The first-order valence-corrected chi connectivity index (χ1v) is 6.41. The number of rotatable bonds is 3. The van der Waals surface area contributed by atoms with Crippen molar-refractivity contribution in [1.29, 1.82) is 0 Å². The number of nitrogens with two attached hydrogens (primary N) is 1. The second kappa shape index (κ2) is 4.82. The Bertz CT molecular complexity index is 702. The number of imidazole rings is 1. The lowest BCUT2D eigenvalue weighted by atomic mass is 10.0. The molecule has 4 nitrogen and oxygen atoms in total. The summed E-state index contributed by atoms with van der Waals surface area (Å²) in [4.78, 5) is 8.68. The van der Waals surface area contributed by atoms with Gasteiger partial charge < -0.3 is 10.3 Å². The molecule has 1 atom stereocenters. The van der Waals surface area contributed by atoms with Gasteiger partial charge in [0.1, 0.15) is 5.82 Å². The van der Waals surface area contributed by atoms with Crippen LogP contribution in [0.1, 0.15) is 24.4 Å². The Kier molecular flexibility index (Phi) is 3.01. The number of fused-ring (bicyclic) bond motifs is 1. The fourth-order valence-corrected chi connectivity index (χ4v) is 2.30. The molecular weight excluding hydrogens is 236 g/mol. The summed E-state index contributed by atoms with van der Waals surface area (Å²) < 4.78 is 2.07. The molecule has 0 aliphatic carbocycles. The fraction of sp³-hybridized carbons (Fsp3) is 0.200. The van der Waals surface area contributed by atoms with Gasteiger partial charge in [-0.2, -0.15) is 0 Å². The zero-order valence-electron chi connectivity index (χ0n) is 10.8. The van der Waals surface area contributed by atoms with Crippen molar-refractivity contribution in [3.63, 3.8) is 0 Å². The summed E-state index contributed by atoms with van der Waals surface area (Å²) in [5, 5.41) is 1.10. The van der Waals surface area contributed by atoms with Crippen molar-refractivity contribution < 1.29 is 0 Å². The minimum Gasteiger partial charge on any atom is -0.334 e. The molecule has 0 aliphatic heterocycles. The molecule has 0 fully saturated rings. The lowest BCUT2D eigenvalue weighted by Gasteiger charge is -2.14. The predicted molar refractivity (Wildman–Crippen MR) is 75.7 cm³/mol. The first kappa shape index (κ1) is 11.9. The summed E-state index contributed by atoms with van der Waals surface area (Å²) >= 11 is 0. The van der Waals surface area contributed by atoms with Gasteiger partial charge in [-0.05, 0) is 30.7 Å². The summed E-state index contributed by atoms with van der Waals surface area (Å²) in [5.74, 6) is 0.894. The third kappa shape index (κ3) is 2.11. The zero-order chi connectivity index (χ0) is 13.2. The van der Waals surface area contributed by atoms with Gasteiger partial charge in [-0.1, -0.05) is 12.1 Å². The zero-order valence-corrected chi connectivity index (χ0v) is 10.8. The van der Waals surface area contributed by atoms with E-state index in [-0.39, 0.29) is 6.04 Å². The van der Waals surface area contributed by atoms with Gasteiger partial charge >= 0.3 is 0 Å². The smallest absolute Gasteiger partial charge is 0.130 e. The third-order valence-electron chi connectivity index (χ3n) is 3.35. The maximum absolute atomic E-state index is 6.32. The maximum atomic E-state index is 6.32. The molecule has 2 heterocycles. The highest BCUT2D eigenvalue weighted by Crippen LogP contribution is 2.22. The number of hydrogen-bond donors (Lipinski definition) is 1.